The summed E-state index contributed by atoms with van der Waals surface area (Å²) in [5.41, 5.74) is 1.17. The van der Waals surface area contributed by atoms with E-state index in [1.54, 1.807) is 12.3 Å². The summed E-state index contributed by atoms with van der Waals surface area (Å²) >= 11 is 0. The van der Waals surface area contributed by atoms with Crippen LogP contribution in [0.4, 0.5) is 5.69 Å². The molecular weight excluding hydrogens is 254 g/mol. The SMILES string of the molecule is CC(C)N1CC2CCC(C1)N2c1ccc(C(=O)O)nc1. The normalized spacial score (nSPS) is 26.2. The van der Waals surface area contributed by atoms with E-state index < -0.39 is 5.97 Å². The summed E-state index contributed by atoms with van der Waals surface area (Å²) in [6.45, 7) is 6.68. The highest BCUT2D eigenvalue weighted by molar-refractivity contribution is 5.85. The van der Waals surface area contributed by atoms with Gasteiger partial charge in [0.05, 0.1) is 11.9 Å². The van der Waals surface area contributed by atoms with Gasteiger partial charge in [-0.3, -0.25) is 4.90 Å². The van der Waals surface area contributed by atoms with E-state index in [0.29, 0.717) is 18.1 Å². The predicted molar refractivity (Wildman–Crippen MR) is 77.2 cm³/mol. The molecule has 2 fully saturated rings. The Balaban J connectivity index is 1.80. The zero-order valence-electron chi connectivity index (χ0n) is 12.0. The van der Waals surface area contributed by atoms with Gasteiger partial charge in [-0.15, -0.1) is 0 Å². The Morgan fingerprint density at radius 1 is 1.30 bits per heavy atom. The number of aromatic nitrogens is 1. The average Bonchev–Trinajstić information content (AvgIpc) is 2.68. The summed E-state index contributed by atoms with van der Waals surface area (Å²) in [4.78, 5) is 19.9. The maximum absolute atomic E-state index is 10.9. The zero-order chi connectivity index (χ0) is 14.3. The molecule has 1 aromatic heterocycles. The van der Waals surface area contributed by atoms with Crippen molar-refractivity contribution in [1.82, 2.24) is 9.88 Å². The van der Waals surface area contributed by atoms with E-state index in [4.69, 9.17) is 5.11 Å². The number of carbonyl (C=O) groups is 1. The third-order valence-corrected chi connectivity index (χ3v) is 4.51. The lowest BCUT2D eigenvalue weighted by atomic mass is 10.1. The lowest BCUT2D eigenvalue weighted by molar-refractivity contribution is 0.0690. The molecule has 5 nitrogen and oxygen atoms in total. The molecule has 0 aliphatic carbocycles. The molecule has 1 aromatic rings. The van der Waals surface area contributed by atoms with Gasteiger partial charge in [-0.25, -0.2) is 9.78 Å². The molecule has 20 heavy (non-hydrogen) atoms. The number of carboxylic acids is 1. The average molecular weight is 275 g/mol. The van der Waals surface area contributed by atoms with Crippen molar-refractivity contribution < 1.29 is 9.90 Å². The number of anilines is 1. The van der Waals surface area contributed by atoms with Gasteiger partial charge in [0, 0.05) is 31.2 Å². The molecule has 2 aliphatic rings. The highest BCUT2D eigenvalue weighted by Gasteiger charge is 2.40. The Morgan fingerprint density at radius 2 is 1.95 bits per heavy atom. The molecule has 2 aliphatic heterocycles. The van der Waals surface area contributed by atoms with Crippen molar-refractivity contribution in [2.24, 2.45) is 0 Å². The van der Waals surface area contributed by atoms with Crippen LogP contribution in [0.1, 0.15) is 37.2 Å². The van der Waals surface area contributed by atoms with Gasteiger partial charge in [0.1, 0.15) is 5.69 Å². The molecule has 5 heteroatoms. The van der Waals surface area contributed by atoms with Crippen LogP contribution in [0, 0.1) is 0 Å². The number of hydrogen-bond acceptors (Lipinski definition) is 4. The van der Waals surface area contributed by atoms with Gasteiger partial charge in [0.25, 0.3) is 0 Å². The molecule has 2 atom stereocenters. The molecule has 0 spiro atoms. The molecule has 3 rings (SSSR count). The Labute approximate surface area is 119 Å². The number of likely N-dealkylation sites (tertiary alicyclic amines) is 1. The van der Waals surface area contributed by atoms with Gasteiger partial charge >= 0.3 is 5.97 Å². The largest absolute Gasteiger partial charge is 0.477 e. The molecule has 2 unspecified atom stereocenters. The Hall–Kier alpha value is -1.62. The van der Waals surface area contributed by atoms with E-state index in [1.165, 1.54) is 12.8 Å². The van der Waals surface area contributed by atoms with Gasteiger partial charge < -0.3 is 10.0 Å². The Morgan fingerprint density at radius 3 is 2.40 bits per heavy atom. The summed E-state index contributed by atoms with van der Waals surface area (Å²) in [6.07, 6.45) is 4.14. The van der Waals surface area contributed by atoms with Crippen molar-refractivity contribution >= 4 is 11.7 Å². The Bertz CT molecular complexity index is 486. The van der Waals surface area contributed by atoms with Gasteiger partial charge in [-0.1, -0.05) is 0 Å². The number of aromatic carboxylic acids is 1. The Kier molecular flexibility index (Phi) is 3.38. The van der Waals surface area contributed by atoms with Crippen LogP contribution in [0.5, 0.6) is 0 Å². The second kappa shape index (κ2) is 5.05. The van der Waals surface area contributed by atoms with Crippen molar-refractivity contribution in [3.63, 3.8) is 0 Å². The minimum absolute atomic E-state index is 0.113. The zero-order valence-corrected chi connectivity index (χ0v) is 12.0. The van der Waals surface area contributed by atoms with Gasteiger partial charge in [-0.05, 0) is 38.8 Å². The second-order valence-corrected chi connectivity index (χ2v) is 6.05. The maximum Gasteiger partial charge on any atom is 0.354 e. The minimum atomic E-state index is -0.968. The first-order valence-corrected chi connectivity index (χ1v) is 7.28. The third kappa shape index (κ3) is 2.26. The summed E-state index contributed by atoms with van der Waals surface area (Å²) < 4.78 is 0. The summed E-state index contributed by atoms with van der Waals surface area (Å²) in [6, 6.07) is 5.16. The van der Waals surface area contributed by atoms with Crippen molar-refractivity contribution in [2.75, 3.05) is 18.0 Å². The van der Waals surface area contributed by atoms with E-state index in [-0.39, 0.29) is 5.69 Å². The number of fused-ring (bicyclic) bond motifs is 2. The van der Waals surface area contributed by atoms with Crippen molar-refractivity contribution in [3.05, 3.63) is 24.0 Å². The van der Waals surface area contributed by atoms with Crippen LogP contribution in [0.2, 0.25) is 0 Å². The van der Waals surface area contributed by atoms with E-state index in [1.807, 2.05) is 6.07 Å². The minimum Gasteiger partial charge on any atom is -0.477 e. The summed E-state index contributed by atoms with van der Waals surface area (Å²) in [5.74, 6) is -0.968. The molecule has 108 valence electrons. The first kappa shape index (κ1) is 13.4. The quantitative estimate of drug-likeness (QED) is 0.912. The summed E-state index contributed by atoms with van der Waals surface area (Å²) in [7, 11) is 0. The standard InChI is InChI=1S/C15H21N3O2/c1-10(2)17-8-12-3-4-13(9-17)18(12)11-5-6-14(15(19)20)16-7-11/h5-7,10,12-13H,3-4,8-9H2,1-2H3,(H,19,20). The molecule has 2 bridgehead atoms. The van der Waals surface area contributed by atoms with E-state index >= 15 is 0 Å². The second-order valence-electron chi connectivity index (χ2n) is 6.05. The van der Waals surface area contributed by atoms with Crippen LogP contribution < -0.4 is 4.90 Å². The number of piperazine rings is 1. The number of hydrogen-bond donors (Lipinski definition) is 1. The number of rotatable bonds is 3. The molecule has 3 heterocycles. The predicted octanol–water partition coefficient (Wildman–Crippen LogP) is 1.84. The van der Waals surface area contributed by atoms with Crippen LogP contribution in [-0.2, 0) is 0 Å². The maximum atomic E-state index is 10.9. The smallest absolute Gasteiger partial charge is 0.354 e. The first-order chi connectivity index (χ1) is 9.56. The lowest BCUT2D eigenvalue weighted by Gasteiger charge is -2.44. The van der Waals surface area contributed by atoms with Gasteiger partial charge in [0.2, 0.25) is 0 Å². The summed E-state index contributed by atoms with van der Waals surface area (Å²) in [5, 5.41) is 8.92. The van der Waals surface area contributed by atoms with E-state index in [2.05, 4.69) is 28.6 Å². The third-order valence-electron chi connectivity index (χ3n) is 4.51. The molecule has 0 amide bonds. The molecule has 1 N–H and O–H groups in total. The van der Waals surface area contributed by atoms with Gasteiger partial charge in [-0.2, -0.15) is 0 Å². The number of carboxylic acid groups (broad SMARTS) is 1. The lowest BCUT2D eigenvalue weighted by Crippen LogP contribution is -2.55. The number of nitrogens with zero attached hydrogens (tertiary/aromatic N) is 3. The fraction of sp³-hybridized carbons (Fsp3) is 0.600. The van der Waals surface area contributed by atoms with Crippen LogP contribution in [0.15, 0.2) is 18.3 Å². The highest BCUT2D eigenvalue weighted by Crippen LogP contribution is 2.35. The molecular formula is C15H21N3O2. The van der Waals surface area contributed by atoms with Gasteiger partial charge in [0.15, 0.2) is 0 Å². The first-order valence-electron chi connectivity index (χ1n) is 7.28. The number of pyridine rings is 1. The monoisotopic (exact) mass is 275 g/mol. The van der Waals surface area contributed by atoms with Crippen LogP contribution >= 0.6 is 0 Å². The molecule has 0 aromatic carbocycles. The van der Waals surface area contributed by atoms with E-state index in [9.17, 15) is 4.79 Å². The fourth-order valence-electron chi connectivity index (χ4n) is 3.44. The van der Waals surface area contributed by atoms with Crippen LogP contribution in [0.25, 0.3) is 0 Å². The fourth-order valence-corrected chi connectivity index (χ4v) is 3.44. The highest BCUT2D eigenvalue weighted by atomic mass is 16.4. The van der Waals surface area contributed by atoms with E-state index in [0.717, 1.165) is 18.8 Å². The van der Waals surface area contributed by atoms with Crippen molar-refractivity contribution in [3.8, 4) is 0 Å². The molecule has 0 radical (unpaired) electrons. The van der Waals surface area contributed by atoms with Crippen LogP contribution in [-0.4, -0.2) is 52.2 Å². The molecule has 2 saturated heterocycles. The van der Waals surface area contributed by atoms with Crippen molar-refractivity contribution in [1.29, 1.82) is 0 Å². The van der Waals surface area contributed by atoms with Crippen LogP contribution in [0.3, 0.4) is 0 Å². The molecule has 0 saturated carbocycles. The topological polar surface area (TPSA) is 56.7 Å². The van der Waals surface area contributed by atoms with Crippen molar-refractivity contribution in [2.45, 2.75) is 44.8 Å².